The van der Waals surface area contributed by atoms with Gasteiger partial charge in [-0.3, -0.25) is 9.89 Å². The van der Waals surface area contributed by atoms with Crippen LogP contribution in [0.25, 0.3) is 0 Å². The molecule has 1 atom stereocenters. The van der Waals surface area contributed by atoms with Crippen LogP contribution in [0.2, 0.25) is 0 Å². The van der Waals surface area contributed by atoms with E-state index in [4.69, 9.17) is 0 Å². The minimum Gasteiger partial charge on any atom is -0.355 e. The van der Waals surface area contributed by atoms with Gasteiger partial charge in [0.25, 0.3) is 0 Å². The molecule has 0 spiro atoms. The first-order valence-electron chi connectivity index (χ1n) is 9.70. The molecule has 3 rings (SSSR count). The van der Waals surface area contributed by atoms with E-state index in [0.717, 1.165) is 30.8 Å². The Hall–Kier alpha value is -1.20. The highest BCUT2D eigenvalue weighted by Gasteiger charge is 2.16. The zero-order chi connectivity index (χ0) is 17.3. The molecule has 2 heterocycles. The maximum absolute atomic E-state index is 4.38. The number of likely N-dealkylation sites (tertiary alicyclic amines) is 1. The van der Waals surface area contributed by atoms with Gasteiger partial charge in [-0.1, -0.05) is 30.7 Å². The van der Waals surface area contributed by atoms with E-state index in [0.29, 0.717) is 0 Å². The molecule has 0 aliphatic carbocycles. The van der Waals surface area contributed by atoms with Gasteiger partial charge in [0, 0.05) is 31.9 Å². The second-order valence-corrected chi connectivity index (χ2v) is 8.46. The zero-order valence-electron chi connectivity index (χ0n) is 15.5. The number of benzene rings is 1. The van der Waals surface area contributed by atoms with Gasteiger partial charge in [-0.15, -0.1) is 0 Å². The van der Waals surface area contributed by atoms with Gasteiger partial charge >= 0.3 is 0 Å². The lowest BCUT2D eigenvalue weighted by Gasteiger charge is -2.27. The lowest BCUT2D eigenvalue weighted by Crippen LogP contribution is -2.40. The quantitative estimate of drug-likeness (QED) is 0.603. The molecule has 1 aromatic carbocycles. The lowest BCUT2D eigenvalue weighted by molar-refractivity contribution is 0.220. The highest BCUT2D eigenvalue weighted by molar-refractivity contribution is 8.00. The van der Waals surface area contributed by atoms with Gasteiger partial charge in [-0.2, -0.15) is 11.8 Å². The standard InChI is InChI=1S/C20H32N4S/c1-21-20(23-15-19-10-7-13-25-19)22-14-17-8-3-4-9-18(17)16-24-11-5-2-6-12-24/h3-4,8-9,19H,2,5-7,10-16H2,1H3,(H2,21,22,23). The first-order chi connectivity index (χ1) is 12.3. The molecule has 25 heavy (non-hydrogen) atoms. The van der Waals surface area contributed by atoms with Gasteiger partial charge in [0.1, 0.15) is 0 Å². The predicted molar refractivity (Wildman–Crippen MR) is 109 cm³/mol. The third kappa shape index (κ3) is 5.93. The van der Waals surface area contributed by atoms with E-state index < -0.39 is 0 Å². The van der Waals surface area contributed by atoms with E-state index >= 15 is 0 Å². The van der Waals surface area contributed by atoms with Crippen molar-refractivity contribution in [2.45, 2.75) is 50.4 Å². The van der Waals surface area contributed by atoms with Crippen molar-refractivity contribution in [3.05, 3.63) is 35.4 Å². The summed E-state index contributed by atoms with van der Waals surface area (Å²) in [4.78, 5) is 6.97. The topological polar surface area (TPSA) is 39.7 Å². The van der Waals surface area contributed by atoms with Crippen LogP contribution in [0.1, 0.15) is 43.2 Å². The summed E-state index contributed by atoms with van der Waals surface area (Å²) in [6, 6.07) is 8.82. The minimum absolute atomic E-state index is 0.741. The highest BCUT2D eigenvalue weighted by atomic mass is 32.2. The molecular weight excluding hydrogens is 328 g/mol. The van der Waals surface area contributed by atoms with E-state index in [1.165, 1.54) is 62.1 Å². The maximum atomic E-state index is 4.38. The SMILES string of the molecule is CN=C(NCc1ccccc1CN1CCCCC1)NCC1CCCS1. The van der Waals surface area contributed by atoms with E-state index in [-0.39, 0.29) is 0 Å². The van der Waals surface area contributed by atoms with Crippen LogP contribution >= 0.6 is 11.8 Å². The third-order valence-corrected chi connectivity index (χ3v) is 6.55. The summed E-state index contributed by atoms with van der Waals surface area (Å²) in [5, 5.41) is 7.73. The summed E-state index contributed by atoms with van der Waals surface area (Å²) >= 11 is 2.08. The van der Waals surface area contributed by atoms with Gasteiger partial charge in [-0.25, -0.2) is 0 Å². The molecule has 138 valence electrons. The van der Waals surface area contributed by atoms with Crippen LogP contribution in [0.15, 0.2) is 29.3 Å². The zero-order valence-corrected chi connectivity index (χ0v) is 16.3. The Balaban J connectivity index is 1.50. The molecule has 1 unspecified atom stereocenters. The largest absolute Gasteiger partial charge is 0.355 e. The van der Waals surface area contributed by atoms with Crippen molar-refractivity contribution in [2.24, 2.45) is 4.99 Å². The minimum atomic E-state index is 0.741. The number of thioether (sulfide) groups is 1. The first kappa shape index (κ1) is 18.6. The van der Waals surface area contributed by atoms with Crippen molar-refractivity contribution < 1.29 is 0 Å². The van der Waals surface area contributed by atoms with E-state index in [2.05, 4.69) is 56.6 Å². The molecular formula is C20H32N4S. The Bertz CT molecular complexity index is 548. The van der Waals surface area contributed by atoms with Gasteiger partial charge in [0.05, 0.1) is 0 Å². The maximum Gasteiger partial charge on any atom is 0.191 e. The molecule has 4 nitrogen and oxygen atoms in total. The number of piperidine rings is 1. The fraction of sp³-hybridized carbons (Fsp3) is 0.650. The number of nitrogens with one attached hydrogen (secondary N) is 2. The van der Waals surface area contributed by atoms with E-state index in [1.54, 1.807) is 0 Å². The molecule has 5 heteroatoms. The predicted octanol–water partition coefficient (Wildman–Crippen LogP) is 3.23. The Labute approximate surface area is 156 Å². The molecule has 0 saturated carbocycles. The van der Waals surface area contributed by atoms with E-state index in [1.807, 2.05) is 7.05 Å². The molecule has 2 saturated heterocycles. The number of guanidine groups is 1. The molecule has 0 radical (unpaired) electrons. The van der Waals surface area contributed by atoms with Gasteiger partial charge in [0.2, 0.25) is 0 Å². The first-order valence-corrected chi connectivity index (χ1v) is 10.8. The van der Waals surface area contributed by atoms with Gasteiger partial charge in [-0.05, 0) is 55.7 Å². The average Bonchev–Trinajstić information content (AvgIpc) is 3.17. The highest BCUT2D eigenvalue weighted by Crippen LogP contribution is 2.25. The number of hydrogen-bond acceptors (Lipinski definition) is 3. The molecule has 2 N–H and O–H groups in total. The monoisotopic (exact) mass is 360 g/mol. The van der Waals surface area contributed by atoms with Crippen LogP contribution < -0.4 is 10.6 Å². The molecule has 1 aromatic rings. The fourth-order valence-corrected chi connectivity index (χ4v) is 4.86. The number of rotatable bonds is 6. The van der Waals surface area contributed by atoms with Crippen LogP contribution in [0, 0.1) is 0 Å². The van der Waals surface area contributed by atoms with Crippen LogP contribution in [0.3, 0.4) is 0 Å². The van der Waals surface area contributed by atoms with Crippen LogP contribution in [-0.4, -0.2) is 48.5 Å². The smallest absolute Gasteiger partial charge is 0.191 e. The molecule has 0 amide bonds. The molecule has 2 fully saturated rings. The van der Waals surface area contributed by atoms with Gasteiger partial charge in [0.15, 0.2) is 5.96 Å². The second kappa shape index (κ2) is 10.1. The third-order valence-electron chi connectivity index (χ3n) is 5.15. The number of aliphatic imine (C=N–C) groups is 1. The van der Waals surface area contributed by atoms with Gasteiger partial charge < -0.3 is 10.6 Å². The summed E-state index contributed by atoms with van der Waals surface area (Å²) in [6.07, 6.45) is 6.76. The average molecular weight is 361 g/mol. The van der Waals surface area contributed by atoms with Crippen molar-refractivity contribution >= 4 is 17.7 Å². The molecule has 2 aliphatic heterocycles. The molecule has 2 aliphatic rings. The summed E-state index contributed by atoms with van der Waals surface area (Å²) in [7, 11) is 1.86. The Morgan fingerprint density at radius 1 is 1.12 bits per heavy atom. The summed E-state index contributed by atoms with van der Waals surface area (Å²) in [5.41, 5.74) is 2.82. The Morgan fingerprint density at radius 3 is 2.64 bits per heavy atom. The summed E-state index contributed by atoms with van der Waals surface area (Å²) in [6.45, 7) is 5.40. The normalized spacial score (nSPS) is 22.1. The van der Waals surface area contributed by atoms with Crippen molar-refractivity contribution in [1.29, 1.82) is 0 Å². The van der Waals surface area contributed by atoms with Crippen molar-refractivity contribution in [2.75, 3.05) is 32.4 Å². The Kier molecular flexibility index (Phi) is 7.49. The fourth-order valence-electron chi connectivity index (χ4n) is 3.66. The van der Waals surface area contributed by atoms with Crippen molar-refractivity contribution in [3.63, 3.8) is 0 Å². The molecule has 0 bridgehead atoms. The lowest BCUT2D eigenvalue weighted by atomic mass is 10.0. The van der Waals surface area contributed by atoms with Crippen LogP contribution in [-0.2, 0) is 13.1 Å². The summed E-state index contributed by atoms with van der Waals surface area (Å²) in [5.74, 6) is 2.22. The summed E-state index contributed by atoms with van der Waals surface area (Å²) < 4.78 is 0. The number of nitrogens with zero attached hydrogens (tertiary/aromatic N) is 2. The van der Waals surface area contributed by atoms with E-state index in [9.17, 15) is 0 Å². The van der Waals surface area contributed by atoms with Crippen LogP contribution in [0.4, 0.5) is 0 Å². The Morgan fingerprint density at radius 2 is 1.92 bits per heavy atom. The second-order valence-electron chi connectivity index (χ2n) is 7.05. The van der Waals surface area contributed by atoms with Crippen LogP contribution in [0.5, 0.6) is 0 Å². The van der Waals surface area contributed by atoms with Crippen molar-refractivity contribution in [1.82, 2.24) is 15.5 Å². The molecule has 0 aromatic heterocycles. The van der Waals surface area contributed by atoms with Crippen molar-refractivity contribution in [3.8, 4) is 0 Å². The number of hydrogen-bond donors (Lipinski definition) is 2.